The molecule has 0 spiro atoms. The lowest BCUT2D eigenvalue weighted by molar-refractivity contribution is -0.142. The van der Waals surface area contributed by atoms with Crippen LogP contribution in [0.25, 0.3) is 0 Å². The van der Waals surface area contributed by atoms with E-state index in [0.717, 1.165) is 31.6 Å². The molecular formula is C17H32O2. The molecule has 2 heteroatoms. The summed E-state index contributed by atoms with van der Waals surface area (Å²) in [6.45, 7) is 2.21. The molecule has 1 N–H and O–H groups in total. The van der Waals surface area contributed by atoms with E-state index in [2.05, 4.69) is 6.92 Å². The van der Waals surface area contributed by atoms with Crippen LogP contribution in [-0.4, -0.2) is 11.1 Å². The molecule has 112 valence electrons. The van der Waals surface area contributed by atoms with Crippen molar-refractivity contribution < 1.29 is 9.90 Å². The molecule has 19 heavy (non-hydrogen) atoms. The number of carboxylic acids is 1. The van der Waals surface area contributed by atoms with Crippen molar-refractivity contribution in [2.45, 2.75) is 90.4 Å². The highest BCUT2D eigenvalue weighted by Gasteiger charge is 2.20. The maximum absolute atomic E-state index is 11.3. The molecule has 1 saturated carbocycles. The van der Waals surface area contributed by atoms with E-state index in [1.807, 2.05) is 0 Å². The fraction of sp³-hybridized carbons (Fsp3) is 0.941. The minimum absolute atomic E-state index is 0.0800. The second-order valence-corrected chi connectivity index (χ2v) is 6.32. The van der Waals surface area contributed by atoms with Gasteiger partial charge in [0.1, 0.15) is 0 Å². The van der Waals surface area contributed by atoms with Crippen molar-refractivity contribution in [3.8, 4) is 0 Å². The van der Waals surface area contributed by atoms with Crippen LogP contribution < -0.4 is 0 Å². The highest BCUT2D eigenvalue weighted by Crippen LogP contribution is 2.29. The molecule has 0 saturated heterocycles. The summed E-state index contributed by atoms with van der Waals surface area (Å²) in [5, 5.41) is 9.31. The average Bonchev–Trinajstić information content (AvgIpc) is 2.42. The predicted octanol–water partition coefficient (Wildman–Crippen LogP) is 5.41. The number of unbranched alkanes of at least 4 members (excludes halogenated alkanes) is 4. The zero-order chi connectivity index (χ0) is 13.9. The van der Waals surface area contributed by atoms with Crippen LogP contribution in [0.2, 0.25) is 0 Å². The van der Waals surface area contributed by atoms with Crippen LogP contribution in [0.5, 0.6) is 0 Å². The summed E-state index contributed by atoms with van der Waals surface area (Å²) in [6, 6.07) is 0. The Morgan fingerprint density at radius 1 is 1.05 bits per heavy atom. The van der Waals surface area contributed by atoms with E-state index in [1.165, 1.54) is 57.8 Å². The van der Waals surface area contributed by atoms with Gasteiger partial charge < -0.3 is 5.11 Å². The summed E-state index contributed by atoms with van der Waals surface area (Å²) < 4.78 is 0. The first kappa shape index (κ1) is 16.5. The molecule has 0 radical (unpaired) electrons. The van der Waals surface area contributed by atoms with Gasteiger partial charge in [0.05, 0.1) is 5.92 Å². The van der Waals surface area contributed by atoms with Gasteiger partial charge in [-0.05, 0) is 25.2 Å². The first-order chi connectivity index (χ1) is 9.24. The Bertz CT molecular complexity index is 231. The Hall–Kier alpha value is -0.530. The van der Waals surface area contributed by atoms with Gasteiger partial charge in [-0.1, -0.05) is 71.1 Å². The van der Waals surface area contributed by atoms with Crippen LogP contribution in [0.15, 0.2) is 0 Å². The standard InChI is InChI=1S/C17H32O2/c1-2-3-4-5-9-12-16(17(18)19)14-13-15-10-7-6-8-11-15/h15-16H,2-14H2,1H3,(H,18,19). The third kappa shape index (κ3) is 7.59. The lowest BCUT2D eigenvalue weighted by Gasteiger charge is -2.23. The van der Waals surface area contributed by atoms with Crippen molar-refractivity contribution >= 4 is 5.97 Å². The van der Waals surface area contributed by atoms with Crippen LogP contribution >= 0.6 is 0 Å². The van der Waals surface area contributed by atoms with Gasteiger partial charge in [-0.3, -0.25) is 4.79 Å². The first-order valence-electron chi connectivity index (χ1n) is 8.46. The van der Waals surface area contributed by atoms with E-state index < -0.39 is 5.97 Å². The number of carbonyl (C=O) groups is 1. The van der Waals surface area contributed by atoms with Crippen LogP contribution in [0.3, 0.4) is 0 Å². The molecule has 0 bridgehead atoms. The zero-order valence-electron chi connectivity index (χ0n) is 12.7. The smallest absolute Gasteiger partial charge is 0.306 e. The molecule has 1 aliphatic rings. The van der Waals surface area contributed by atoms with Crippen molar-refractivity contribution in [1.29, 1.82) is 0 Å². The normalized spacial score (nSPS) is 18.4. The zero-order valence-corrected chi connectivity index (χ0v) is 12.7. The Morgan fingerprint density at radius 3 is 2.37 bits per heavy atom. The largest absolute Gasteiger partial charge is 0.481 e. The van der Waals surface area contributed by atoms with Gasteiger partial charge in [-0.2, -0.15) is 0 Å². The van der Waals surface area contributed by atoms with Gasteiger partial charge in [0, 0.05) is 0 Å². The summed E-state index contributed by atoms with van der Waals surface area (Å²) >= 11 is 0. The summed E-state index contributed by atoms with van der Waals surface area (Å²) in [5.41, 5.74) is 0. The topological polar surface area (TPSA) is 37.3 Å². The second kappa shape index (κ2) is 10.3. The quantitative estimate of drug-likeness (QED) is 0.538. The molecule has 0 aromatic heterocycles. The molecule has 0 heterocycles. The van der Waals surface area contributed by atoms with E-state index >= 15 is 0 Å². The molecule has 2 nitrogen and oxygen atoms in total. The summed E-state index contributed by atoms with van der Waals surface area (Å²) in [4.78, 5) is 11.3. The molecule has 0 aliphatic heterocycles. The van der Waals surface area contributed by atoms with Crippen molar-refractivity contribution in [2.75, 3.05) is 0 Å². The Balaban J connectivity index is 2.14. The number of rotatable bonds is 10. The Morgan fingerprint density at radius 2 is 1.74 bits per heavy atom. The molecule has 0 amide bonds. The summed E-state index contributed by atoms with van der Waals surface area (Å²) in [6.07, 6.45) is 15.9. The highest BCUT2D eigenvalue weighted by atomic mass is 16.4. The van der Waals surface area contributed by atoms with Crippen LogP contribution in [0, 0.1) is 11.8 Å². The van der Waals surface area contributed by atoms with E-state index in [1.54, 1.807) is 0 Å². The average molecular weight is 268 g/mol. The first-order valence-corrected chi connectivity index (χ1v) is 8.46. The molecule has 1 fully saturated rings. The monoisotopic (exact) mass is 268 g/mol. The fourth-order valence-corrected chi connectivity index (χ4v) is 3.30. The molecule has 0 aromatic rings. The summed E-state index contributed by atoms with van der Waals surface area (Å²) in [7, 11) is 0. The lowest BCUT2D eigenvalue weighted by atomic mass is 9.83. The molecular weight excluding hydrogens is 236 g/mol. The van der Waals surface area contributed by atoms with Crippen molar-refractivity contribution in [1.82, 2.24) is 0 Å². The van der Waals surface area contributed by atoms with Gasteiger partial charge in [0.15, 0.2) is 0 Å². The van der Waals surface area contributed by atoms with E-state index in [9.17, 15) is 9.90 Å². The maximum Gasteiger partial charge on any atom is 0.306 e. The van der Waals surface area contributed by atoms with E-state index in [-0.39, 0.29) is 5.92 Å². The van der Waals surface area contributed by atoms with E-state index in [4.69, 9.17) is 0 Å². The van der Waals surface area contributed by atoms with E-state index in [0.29, 0.717) is 0 Å². The van der Waals surface area contributed by atoms with Crippen molar-refractivity contribution in [3.05, 3.63) is 0 Å². The molecule has 1 aliphatic carbocycles. The SMILES string of the molecule is CCCCCCCC(CCC1CCCCC1)C(=O)O. The third-order valence-electron chi connectivity index (χ3n) is 4.65. The minimum atomic E-state index is -0.564. The van der Waals surface area contributed by atoms with Crippen LogP contribution in [0.4, 0.5) is 0 Å². The molecule has 1 rings (SSSR count). The number of aliphatic carboxylic acids is 1. The van der Waals surface area contributed by atoms with Crippen molar-refractivity contribution in [3.63, 3.8) is 0 Å². The van der Waals surface area contributed by atoms with Gasteiger partial charge in [0.25, 0.3) is 0 Å². The highest BCUT2D eigenvalue weighted by molar-refractivity contribution is 5.69. The molecule has 1 atom stereocenters. The maximum atomic E-state index is 11.3. The summed E-state index contributed by atoms with van der Waals surface area (Å²) in [5.74, 6) is 0.172. The van der Waals surface area contributed by atoms with Crippen LogP contribution in [-0.2, 0) is 4.79 Å². The van der Waals surface area contributed by atoms with Gasteiger partial charge >= 0.3 is 5.97 Å². The Labute approximate surface area is 119 Å². The predicted molar refractivity (Wildman–Crippen MR) is 80.3 cm³/mol. The molecule has 1 unspecified atom stereocenters. The van der Waals surface area contributed by atoms with Gasteiger partial charge in [-0.25, -0.2) is 0 Å². The second-order valence-electron chi connectivity index (χ2n) is 6.32. The molecule has 0 aromatic carbocycles. The minimum Gasteiger partial charge on any atom is -0.481 e. The fourth-order valence-electron chi connectivity index (χ4n) is 3.30. The number of hydrogen-bond acceptors (Lipinski definition) is 1. The van der Waals surface area contributed by atoms with Crippen LogP contribution in [0.1, 0.15) is 90.4 Å². The van der Waals surface area contributed by atoms with Crippen molar-refractivity contribution in [2.24, 2.45) is 11.8 Å². The third-order valence-corrected chi connectivity index (χ3v) is 4.65. The van der Waals surface area contributed by atoms with Gasteiger partial charge in [-0.15, -0.1) is 0 Å². The number of hydrogen-bond donors (Lipinski definition) is 1. The number of carboxylic acid groups (broad SMARTS) is 1. The lowest BCUT2D eigenvalue weighted by Crippen LogP contribution is -2.16. The van der Waals surface area contributed by atoms with Gasteiger partial charge in [0.2, 0.25) is 0 Å². The Kier molecular flexibility index (Phi) is 8.94.